The SMILES string of the molecule is O=C(c1ccc2c(c1)Cc1cccc(c1)CN(CC1CC1)CCCCCO2)N1CCCC(CO)C1. The van der Waals surface area contributed by atoms with Gasteiger partial charge >= 0.3 is 0 Å². The molecule has 188 valence electrons. The summed E-state index contributed by atoms with van der Waals surface area (Å²) < 4.78 is 6.25. The van der Waals surface area contributed by atoms with Crippen LogP contribution in [0.15, 0.2) is 42.5 Å². The molecule has 1 saturated carbocycles. The fourth-order valence-corrected chi connectivity index (χ4v) is 5.59. The summed E-state index contributed by atoms with van der Waals surface area (Å²) in [4.78, 5) is 17.9. The number of fused-ring (bicyclic) bond motifs is 3. The van der Waals surface area contributed by atoms with Crippen LogP contribution in [0, 0.1) is 11.8 Å². The predicted molar refractivity (Wildman–Crippen MR) is 139 cm³/mol. The minimum Gasteiger partial charge on any atom is -0.493 e. The van der Waals surface area contributed by atoms with Gasteiger partial charge in [-0.3, -0.25) is 9.69 Å². The average molecular weight is 477 g/mol. The van der Waals surface area contributed by atoms with Crippen molar-refractivity contribution in [2.24, 2.45) is 11.8 Å². The molecule has 5 heteroatoms. The van der Waals surface area contributed by atoms with Gasteiger partial charge in [-0.2, -0.15) is 0 Å². The lowest BCUT2D eigenvalue weighted by molar-refractivity contribution is 0.0620. The van der Waals surface area contributed by atoms with E-state index in [-0.39, 0.29) is 18.4 Å². The first-order valence-corrected chi connectivity index (χ1v) is 13.6. The van der Waals surface area contributed by atoms with Crippen LogP contribution in [0.25, 0.3) is 0 Å². The number of nitrogens with zero attached hydrogens (tertiary/aromatic N) is 2. The van der Waals surface area contributed by atoms with Crippen LogP contribution in [0.1, 0.15) is 72.0 Å². The summed E-state index contributed by atoms with van der Waals surface area (Å²) in [6.45, 7) is 5.68. The number of aliphatic hydroxyl groups excluding tert-OH is 1. The first-order valence-electron chi connectivity index (χ1n) is 13.6. The van der Waals surface area contributed by atoms with Crippen LogP contribution in [-0.2, 0) is 13.0 Å². The molecule has 2 aromatic rings. The molecule has 5 nitrogen and oxygen atoms in total. The first kappa shape index (κ1) is 24.3. The molecule has 2 heterocycles. The van der Waals surface area contributed by atoms with Crippen LogP contribution in [0.5, 0.6) is 5.75 Å². The Kier molecular flexibility index (Phi) is 8.05. The number of benzene rings is 2. The summed E-state index contributed by atoms with van der Waals surface area (Å²) in [5, 5.41) is 9.58. The molecule has 1 unspecified atom stereocenters. The van der Waals surface area contributed by atoms with Crippen molar-refractivity contribution in [3.8, 4) is 5.75 Å². The molecule has 1 aliphatic carbocycles. The summed E-state index contributed by atoms with van der Waals surface area (Å²) in [5.74, 6) is 2.05. The zero-order valence-corrected chi connectivity index (χ0v) is 21.0. The highest BCUT2D eigenvalue weighted by Gasteiger charge is 2.26. The maximum atomic E-state index is 13.3. The third-order valence-corrected chi connectivity index (χ3v) is 7.75. The third-order valence-electron chi connectivity index (χ3n) is 7.75. The number of likely N-dealkylation sites (tertiary alicyclic amines) is 1. The maximum absolute atomic E-state index is 13.3. The average Bonchev–Trinajstić information content (AvgIpc) is 3.70. The van der Waals surface area contributed by atoms with Crippen molar-refractivity contribution in [3.63, 3.8) is 0 Å². The summed E-state index contributed by atoms with van der Waals surface area (Å²) in [7, 11) is 0. The van der Waals surface area contributed by atoms with E-state index in [0.29, 0.717) is 13.2 Å². The van der Waals surface area contributed by atoms with E-state index in [4.69, 9.17) is 4.74 Å². The van der Waals surface area contributed by atoms with Crippen molar-refractivity contribution in [1.82, 2.24) is 9.80 Å². The third kappa shape index (κ3) is 6.65. The van der Waals surface area contributed by atoms with Crippen LogP contribution >= 0.6 is 0 Å². The van der Waals surface area contributed by atoms with Crippen LogP contribution < -0.4 is 4.74 Å². The fourth-order valence-electron chi connectivity index (χ4n) is 5.59. The second kappa shape index (κ2) is 11.6. The quantitative estimate of drug-likeness (QED) is 0.682. The number of piperidine rings is 1. The van der Waals surface area contributed by atoms with Crippen molar-refractivity contribution in [2.45, 2.75) is 57.9 Å². The van der Waals surface area contributed by atoms with Gasteiger partial charge in [0.2, 0.25) is 0 Å². The van der Waals surface area contributed by atoms with E-state index < -0.39 is 0 Å². The molecular weight excluding hydrogens is 436 g/mol. The van der Waals surface area contributed by atoms with E-state index in [1.54, 1.807) is 0 Å². The molecule has 0 radical (unpaired) electrons. The Morgan fingerprint density at radius 1 is 0.943 bits per heavy atom. The number of ether oxygens (including phenoxy) is 1. The van der Waals surface area contributed by atoms with Gasteiger partial charge in [0, 0.05) is 44.8 Å². The maximum Gasteiger partial charge on any atom is 0.253 e. The molecule has 35 heavy (non-hydrogen) atoms. The Labute approximate surface area is 210 Å². The second-order valence-electron chi connectivity index (χ2n) is 10.8. The summed E-state index contributed by atoms with van der Waals surface area (Å²) >= 11 is 0. The lowest BCUT2D eigenvalue weighted by Crippen LogP contribution is -2.41. The number of rotatable bonds is 4. The Morgan fingerprint density at radius 2 is 1.83 bits per heavy atom. The van der Waals surface area contributed by atoms with Gasteiger partial charge in [-0.05, 0) is 98.2 Å². The lowest BCUT2D eigenvalue weighted by Gasteiger charge is -2.32. The highest BCUT2D eigenvalue weighted by molar-refractivity contribution is 5.94. The minimum atomic E-state index is 0.0647. The van der Waals surface area contributed by atoms with Crippen LogP contribution in [0.4, 0.5) is 0 Å². The number of amides is 1. The van der Waals surface area contributed by atoms with E-state index >= 15 is 0 Å². The van der Waals surface area contributed by atoms with Gasteiger partial charge in [0.05, 0.1) is 6.61 Å². The van der Waals surface area contributed by atoms with Crippen molar-refractivity contribution >= 4 is 5.91 Å². The highest BCUT2D eigenvalue weighted by Crippen LogP contribution is 2.31. The topological polar surface area (TPSA) is 53.0 Å². The highest BCUT2D eigenvalue weighted by atomic mass is 16.5. The normalized spacial score (nSPS) is 22.1. The first-order chi connectivity index (χ1) is 17.2. The molecule has 1 amide bonds. The van der Waals surface area contributed by atoms with Crippen molar-refractivity contribution in [3.05, 3.63) is 64.7 Å². The number of carbonyl (C=O) groups is 1. The smallest absolute Gasteiger partial charge is 0.253 e. The number of hydrogen-bond donors (Lipinski definition) is 1. The van der Waals surface area contributed by atoms with Crippen molar-refractivity contribution in [1.29, 1.82) is 0 Å². The Morgan fingerprint density at radius 3 is 2.69 bits per heavy atom. The molecule has 2 aromatic carbocycles. The fraction of sp³-hybridized carbons (Fsp3) is 0.567. The minimum absolute atomic E-state index is 0.0647. The number of hydrogen-bond acceptors (Lipinski definition) is 4. The Balaban J connectivity index is 1.37. The van der Waals surface area contributed by atoms with Crippen LogP contribution in [0.2, 0.25) is 0 Å². The summed E-state index contributed by atoms with van der Waals surface area (Å²) in [6.07, 6.45) is 8.92. The Bertz CT molecular complexity index is 1000. The molecule has 2 aliphatic heterocycles. The van der Waals surface area contributed by atoms with E-state index in [9.17, 15) is 9.90 Å². The van der Waals surface area contributed by atoms with Crippen molar-refractivity contribution in [2.75, 3.05) is 39.4 Å². The molecule has 0 spiro atoms. The lowest BCUT2D eigenvalue weighted by atomic mass is 9.97. The van der Waals surface area contributed by atoms with E-state index in [2.05, 4.69) is 29.2 Å². The van der Waals surface area contributed by atoms with Gasteiger partial charge < -0.3 is 14.7 Å². The van der Waals surface area contributed by atoms with E-state index in [1.165, 1.54) is 43.4 Å². The zero-order valence-electron chi connectivity index (χ0n) is 21.0. The van der Waals surface area contributed by atoms with Gasteiger partial charge in [0.1, 0.15) is 5.75 Å². The largest absolute Gasteiger partial charge is 0.493 e. The van der Waals surface area contributed by atoms with E-state index in [1.807, 2.05) is 23.1 Å². The standard InChI is InChI=1S/C30H40N2O3/c33-22-26-8-5-14-32(21-26)30(34)27-11-12-29-28(18-27)17-24-6-4-7-25(16-24)20-31(19-23-9-10-23)13-2-1-3-15-35-29/h4,6-7,11-12,16,18,23,26,33H,1-3,5,8-10,13-15,17,19-22H2. The molecule has 2 bridgehead atoms. The molecule has 1 N–H and O–H groups in total. The summed E-state index contributed by atoms with van der Waals surface area (Å²) in [6, 6.07) is 14.9. The molecule has 1 saturated heterocycles. The van der Waals surface area contributed by atoms with Gasteiger partial charge in [-0.1, -0.05) is 24.3 Å². The molecule has 2 fully saturated rings. The van der Waals surface area contributed by atoms with Gasteiger partial charge in [0.25, 0.3) is 5.91 Å². The second-order valence-corrected chi connectivity index (χ2v) is 10.8. The van der Waals surface area contributed by atoms with Crippen molar-refractivity contribution < 1.29 is 14.6 Å². The molecule has 5 rings (SSSR count). The molecule has 1 atom stereocenters. The van der Waals surface area contributed by atoms with Gasteiger partial charge in [-0.15, -0.1) is 0 Å². The number of aliphatic hydroxyl groups is 1. The van der Waals surface area contributed by atoms with Gasteiger partial charge in [-0.25, -0.2) is 0 Å². The van der Waals surface area contributed by atoms with Crippen LogP contribution in [-0.4, -0.2) is 60.2 Å². The monoisotopic (exact) mass is 476 g/mol. The van der Waals surface area contributed by atoms with Gasteiger partial charge in [0.15, 0.2) is 0 Å². The zero-order chi connectivity index (χ0) is 24.0. The number of carbonyl (C=O) groups excluding carboxylic acids is 1. The predicted octanol–water partition coefficient (Wildman–Crippen LogP) is 4.90. The molecule has 0 aromatic heterocycles. The molecular formula is C30H40N2O3. The molecule has 3 aliphatic rings. The van der Waals surface area contributed by atoms with Crippen LogP contribution in [0.3, 0.4) is 0 Å². The summed E-state index contributed by atoms with van der Waals surface area (Å²) in [5.41, 5.74) is 4.44. The Hall–Kier alpha value is -2.37. The van der Waals surface area contributed by atoms with E-state index in [0.717, 1.165) is 68.1 Å².